The molecule has 3 aromatic carbocycles. The Labute approximate surface area is 201 Å². The van der Waals surface area contributed by atoms with Gasteiger partial charge in [0.2, 0.25) is 0 Å². The van der Waals surface area contributed by atoms with E-state index in [1.54, 1.807) is 25.1 Å². The molecule has 0 aliphatic carbocycles. The number of rotatable bonds is 9. The predicted octanol–water partition coefficient (Wildman–Crippen LogP) is 5.36. The molecule has 0 unspecified atom stereocenters. The molecule has 7 nitrogen and oxygen atoms in total. The maximum absolute atomic E-state index is 14.0. The molecule has 1 aliphatic rings. The van der Waals surface area contributed by atoms with E-state index < -0.39 is 11.6 Å². The summed E-state index contributed by atoms with van der Waals surface area (Å²) in [6.45, 7) is 6.17. The minimum absolute atomic E-state index is 0.0279. The molecule has 0 aromatic heterocycles. The SMILES string of the molecule is Cc1ccc(OCCN2CCOCC2)cc1C(=O)c1ccc(Nc2ccc(F)cc2F)cc1N=O. The van der Waals surface area contributed by atoms with Crippen molar-refractivity contribution in [3.63, 3.8) is 0 Å². The van der Waals surface area contributed by atoms with Crippen LogP contribution in [0.2, 0.25) is 0 Å². The number of hydrogen-bond acceptors (Lipinski definition) is 7. The van der Waals surface area contributed by atoms with E-state index in [0.717, 1.165) is 37.3 Å². The van der Waals surface area contributed by atoms with Crippen LogP contribution in [0.4, 0.5) is 25.8 Å². The third kappa shape index (κ3) is 6.06. The number of morpholine rings is 1. The van der Waals surface area contributed by atoms with Crippen LogP contribution in [-0.2, 0) is 4.74 Å². The first-order valence-electron chi connectivity index (χ1n) is 11.2. The highest BCUT2D eigenvalue weighted by Gasteiger charge is 2.19. The number of hydrogen-bond donors (Lipinski definition) is 1. The van der Waals surface area contributed by atoms with Gasteiger partial charge in [-0.25, -0.2) is 8.78 Å². The lowest BCUT2D eigenvalue weighted by atomic mass is 9.97. The third-order valence-corrected chi connectivity index (χ3v) is 5.78. The van der Waals surface area contributed by atoms with Gasteiger partial charge in [-0.3, -0.25) is 9.69 Å². The average Bonchev–Trinajstić information content (AvgIpc) is 2.87. The summed E-state index contributed by atoms with van der Waals surface area (Å²) in [4.78, 5) is 27.1. The number of ketones is 1. The minimum Gasteiger partial charge on any atom is -0.492 e. The van der Waals surface area contributed by atoms with Crippen molar-refractivity contribution in [2.75, 3.05) is 44.8 Å². The smallest absolute Gasteiger partial charge is 0.195 e. The van der Waals surface area contributed by atoms with Crippen molar-refractivity contribution in [1.82, 2.24) is 4.90 Å². The lowest BCUT2D eigenvalue weighted by Crippen LogP contribution is -2.38. The number of benzene rings is 3. The van der Waals surface area contributed by atoms with Crippen LogP contribution < -0.4 is 10.1 Å². The van der Waals surface area contributed by atoms with Crippen LogP contribution in [0.3, 0.4) is 0 Å². The first-order valence-corrected chi connectivity index (χ1v) is 11.2. The maximum Gasteiger partial charge on any atom is 0.195 e. The highest BCUT2D eigenvalue weighted by atomic mass is 19.1. The third-order valence-electron chi connectivity index (χ3n) is 5.78. The van der Waals surface area contributed by atoms with Crippen LogP contribution in [0.25, 0.3) is 0 Å². The van der Waals surface area contributed by atoms with Gasteiger partial charge in [0.05, 0.1) is 24.5 Å². The van der Waals surface area contributed by atoms with Crippen LogP contribution in [0.1, 0.15) is 21.5 Å². The van der Waals surface area contributed by atoms with E-state index in [9.17, 15) is 18.5 Å². The Balaban J connectivity index is 1.49. The summed E-state index contributed by atoms with van der Waals surface area (Å²) < 4.78 is 38.3. The number of ether oxygens (including phenoxy) is 2. The first kappa shape index (κ1) is 24.4. The molecule has 0 saturated carbocycles. The van der Waals surface area contributed by atoms with Gasteiger partial charge in [-0.2, -0.15) is 0 Å². The number of nitrogens with zero attached hydrogens (tertiary/aromatic N) is 2. The summed E-state index contributed by atoms with van der Waals surface area (Å²) in [5, 5.41) is 5.76. The number of aryl methyl sites for hydroxylation is 1. The van der Waals surface area contributed by atoms with Gasteiger partial charge in [0.25, 0.3) is 0 Å². The van der Waals surface area contributed by atoms with Gasteiger partial charge < -0.3 is 14.8 Å². The minimum atomic E-state index is -0.785. The molecule has 1 heterocycles. The van der Waals surface area contributed by atoms with E-state index in [0.29, 0.717) is 36.8 Å². The van der Waals surface area contributed by atoms with Crippen LogP contribution >= 0.6 is 0 Å². The molecule has 1 saturated heterocycles. The molecule has 0 bridgehead atoms. The Morgan fingerprint density at radius 2 is 1.86 bits per heavy atom. The molecule has 1 aliphatic heterocycles. The number of nitrogens with one attached hydrogen (secondary N) is 1. The van der Waals surface area contributed by atoms with Gasteiger partial charge in [0.15, 0.2) is 5.78 Å². The Morgan fingerprint density at radius 1 is 1.06 bits per heavy atom. The van der Waals surface area contributed by atoms with E-state index in [1.807, 2.05) is 0 Å². The van der Waals surface area contributed by atoms with Crippen molar-refractivity contribution in [3.05, 3.63) is 87.8 Å². The van der Waals surface area contributed by atoms with Crippen molar-refractivity contribution in [3.8, 4) is 5.75 Å². The van der Waals surface area contributed by atoms with Gasteiger partial charge in [-0.15, -0.1) is 4.91 Å². The lowest BCUT2D eigenvalue weighted by molar-refractivity contribution is 0.0322. The fourth-order valence-electron chi connectivity index (χ4n) is 3.82. The molecular formula is C26H25F2N3O4. The molecule has 182 valence electrons. The Morgan fingerprint density at radius 3 is 2.60 bits per heavy atom. The highest BCUT2D eigenvalue weighted by Crippen LogP contribution is 2.30. The van der Waals surface area contributed by atoms with E-state index in [2.05, 4.69) is 15.4 Å². The quantitative estimate of drug-likeness (QED) is 0.328. The molecule has 3 aromatic rings. The normalized spacial score (nSPS) is 13.9. The first-order chi connectivity index (χ1) is 16.9. The van der Waals surface area contributed by atoms with Gasteiger partial charge in [0, 0.05) is 37.0 Å². The van der Waals surface area contributed by atoms with E-state index in [-0.39, 0.29) is 22.7 Å². The van der Waals surface area contributed by atoms with Crippen LogP contribution in [-0.4, -0.2) is 50.1 Å². The van der Waals surface area contributed by atoms with Crippen molar-refractivity contribution in [2.45, 2.75) is 6.92 Å². The monoisotopic (exact) mass is 481 g/mol. The van der Waals surface area contributed by atoms with Crippen LogP contribution in [0, 0.1) is 23.5 Å². The highest BCUT2D eigenvalue weighted by molar-refractivity contribution is 6.13. The Hall–Kier alpha value is -3.69. The second-order valence-electron chi connectivity index (χ2n) is 8.18. The van der Waals surface area contributed by atoms with Crippen molar-refractivity contribution < 1.29 is 23.0 Å². The zero-order valence-corrected chi connectivity index (χ0v) is 19.2. The van der Waals surface area contributed by atoms with Crippen molar-refractivity contribution in [1.29, 1.82) is 0 Å². The predicted molar refractivity (Wildman–Crippen MR) is 129 cm³/mol. The summed E-state index contributed by atoms with van der Waals surface area (Å²) in [5.41, 5.74) is 1.49. The molecule has 0 amide bonds. The topological polar surface area (TPSA) is 80.2 Å². The summed E-state index contributed by atoms with van der Waals surface area (Å²) in [7, 11) is 0. The second kappa shape index (κ2) is 11.2. The summed E-state index contributed by atoms with van der Waals surface area (Å²) in [6, 6.07) is 12.7. The van der Waals surface area contributed by atoms with Crippen LogP contribution in [0.5, 0.6) is 5.75 Å². The molecule has 9 heteroatoms. The maximum atomic E-state index is 14.0. The molecule has 35 heavy (non-hydrogen) atoms. The second-order valence-corrected chi connectivity index (χ2v) is 8.18. The number of carbonyl (C=O) groups is 1. The van der Waals surface area contributed by atoms with Gasteiger partial charge in [-0.05, 0) is 60.1 Å². The standard InChI is InChI=1S/C26H25F2N3O4/c1-17-2-5-20(35-13-10-31-8-11-34-12-9-31)16-22(17)26(32)21-6-4-19(15-25(21)30-33)29-24-7-3-18(27)14-23(24)28/h2-7,14-16,29H,8-13H2,1H3. The molecule has 1 fully saturated rings. The Kier molecular flexibility index (Phi) is 7.79. The summed E-state index contributed by atoms with van der Waals surface area (Å²) in [6.07, 6.45) is 0. The Bertz CT molecular complexity index is 1230. The summed E-state index contributed by atoms with van der Waals surface area (Å²) in [5.74, 6) is -1.31. The molecule has 4 rings (SSSR count). The largest absolute Gasteiger partial charge is 0.492 e. The fraction of sp³-hybridized carbons (Fsp3) is 0.269. The fourth-order valence-corrected chi connectivity index (χ4v) is 3.82. The van der Waals surface area contributed by atoms with E-state index in [4.69, 9.17) is 9.47 Å². The average molecular weight is 481 g/mol. The van der Waals surface area contributed by atoms with Crippen molar-refractivity contribution >= 4 is 22.8 Å². The number of anilines is 2. The lowest BCUT2D eigenvalue weighted by Gasteiger charge is -2.26. The number of carbonyl (C=O) groups excluding carboxylic acids is 1. The molecule has 0 radical (unpaired) electrons. The number of nitroso groups, excluding NO2 is 1. The van der Waals surface area contributed by atoms with E-state index in [1.165, 1.54) is 24.3 Å². The molecule has 0 atom stereocenters. The summed E-state index contributed by atoms with van der Waals surface area (Å²) >= 11 is 0. The van der Waals surface area contributed by atoms with Gasteiger partial charge in [0.1, 0.15) is 29.7 Å². The zero-order valence-electron chi connectivity index (χ0n) is 19.2. The molecule has 1 N–H and O–H groups in total. The van der Waals surface area contributed by atoms with Gasteiger partial charge >= 0.3 is 0 Å². The van der Waals surface area contributed by atoms with Crippen molar-refractivity contribution in [2.24, 2.45) is 5.18 Å². The van der Waals surface area contributed by atoms with Gasteiger partial charge in [-0.1, -0.05) is 6.07 Å². The van der Waals surface area contributed by atoms with Crippen LogP contribution in [0.15, 0.2) is 59.8 Å². The molecule has 0 spiro atoms. The zero-order chi connectivity index (χ0) is 24.8. The molecular weight excluding hydrogens is 456 g/mol. The number of halogens is 2. The van der Waals surface area contributed by atoms with E-state index >= 15 is 0 Å².